The first kappa shape index (κ1) is 16.4. The molecule has 0 atom stereocenters. The minimum absolute atomic E-state index is 0.628. The van der Waals surface area contributed by atoms with Crippen LogP contribution in [0.1, 0.15) is 5.56 Å². The normalized spacial score (nSPS) is 10.8. The molecule has 6 heteroatoms. The molecule has 5 nitrogen and oxygen atoms in total. The number of nitrogens with one attached hydrogen (secondary N) is 2. The molecule has 0 spiro atoms. The SMILES string of the molecule is COc1cccc(CNc2ncnc3[nH]cc(-c4cccc(Cl)c4)c23)c1. The summed E-state index contributed by atoms with van der Waals surface area (Å²) in [5, 5.41) is 5.04. The molecule has 2 N–H and O–H groups in total. The fourth-order valence-corrected chi connectivity index (χ4v) is 3.14. The molecule has 26 heavy (non-hydrogen) atoms. The molecule has 0 fully saturated rings. The number of ether oxygens (including phenoxy) is 1. The maximum absolute atomic E-state index is 6.15. The summed E-state index contributed by atoms with van der Waals surface area (Å²) >= 11 is 6.15. The van der Waals surface area contributed by atoms with Crippen LogP contribution in [0, 0.1) is 0 Å². The van der Waals surface area contributed by atoms with Crippen molar-refractivity contribution in [2.24, 2.45) is 0 Å². The van der Waals surface area contributed by atoms with Crippen LogP contribution in [0.15, 0.2) is 61.1 Å². The van der Waals surface area contributed by atoms with E-state index in [1.165, 1.54) is 0 Å². The lowest BCUT2D eigenvalue weighted by Gasteiger charge is -2.09. The standard InChI is InChI=1S/C20H17ClN4O/c1-26-16-7-2-4-13(8-16)10-22-19-18-17(11-23-20(18)25-12-24-19)14-5-3-6-15(21)9-14/h2-9,11-12H,10H2,1H3,(H2,22,23,24,25). The van der Waals surface area contributed by atoms with Crippen molar-refractivity contribution in [3.63, 3.8) is 0 Å². The first-order chi connectivity index (χ1) is 12.7. The summed E-state index contributed by atoms with van der Waals surface area (Å²) in [5.74, 6) is 1.60. The van der Waals surface area contributed by atoms with Gasteiger partial charge in [0.25, 0.3) is 0 Å². The first-order valence-electron chi connectivity index (χ1n) is 8.19. The highest BCUT2D eigenvalue weighted by atomic mass is 35.5. The van der Waals surface area contributed by atoms with E-state index in [0.717, 1.165) is 39.3 Å². The average molecular weight is 365 g/mol. The molecule has 2 heterocycles. The van der Waals surface area contributed by atoms with Crippen molar-refractivity contribution in [1.29, 1.82) is 0 Å². The van der Waals surface area contributed by atoms with Crippen LogP contribution in [0.4, 0.5) is 5.82 Å². The second-order valence-corrected chi connectivity index (χ2v) is 6.30. The topological polar surface area (TPSA) is 62.8 Å². The fourth-order valence-electron chi connectivity index (χ4n) is 2.95. The number of methoxy groups -OCH3 is 1. The van der Waals surface area contributed by atoms with Gasteiger partial charge in [-0.3, -0.25) is 0 Å². The Bertz CT molecular complexity index is 1060. The number of nitrogens with zero attached hydrogens (tertiary/aromatic N) is 2. The molecule has 0 aliphatic rings. The van der Waals surface area contributed by atoms with E-state index < -0.39 is 0 Å². The summed E-state index contributed by atoms with van der Waals surface area (Å²) in [7, 11) is 1.66. The molecule has 130 valence electrons. The molecule has 0 bridgehead atoms. The van der Waals surface area contributed by atoms with Gasteiger partial charge in [-0.25, -0.2) is 9.97 Å². The summed E-state index contributed by atoms with van der Waals surface area (Å²) in [6.45, 7) is 0.628. The minimum Gasteiger partial charge on any atom is -0.497 e. The number of anilines is 1. The second kappa shape index (κ2) is 7.06. The lowest BCUT2D eigenvalue weighted by atomic mass is 10.1. The molecule has 0 aliphatic carbocycles. The van der Waals surface area contributed by atoms with E-state index in [-0.39, 0.29) is 0 Å². The largest absolute Gasteiger partial charge is 0.497 e. The zero-order chi connectivity index (χ0) is 17.9. The molecule has 0 saturated carbocycles. The maximum atomic E-state index is 6.15. The smallest absolute Gasteiger partial charge is 0.143 e. The lowest BCUT2D eigenvalue weighted by Crippen LogP contribution is -2.02. The van der Waals surface area contributed by atoms with Gasteiger partial charge in [0.05, 0.1) is 12.5 Å². The third kappa shape index (κ3) is 3.21. The van der Waals surface area contributed by atoms with E-state index in [1.54, 1.807) is 13.4 Å². The molecule has 4 aromatic rings. The van der Waals surface area contributed by atoms with Gasteiger partial charge in [-0.2, -0.15) is 0 Å². The summed E-state index contributed by atoms with van der Waals surface area (Å²) < 4.78 is 5.28. The molecule has 2 aromatic heterocycles. The molecule has 0 radical (unpaired) electrons. The van der Waals surface area contributed by atoms with E-state index in [4.69, 9.17) is 16.3 Å². The van der Waals surface area contributed by atoms with Crippen LogP contribution in [0.3, 0.4) is 0 Å². The number of halogens is 1. The molecular formula is C20H17ClN4O. The van der Waals surface area contributed by atoms with Gasteiger partial charge in [0, 0.05) is 23.3 Å². The number of rotatable bonds is 5. The predicted octanol–water partition coefficient (Wildman–Crippen LogP) is 4.90. The second-order valence-electron chi connectivity index (χ2n) is 5.86. The first-order valence-corrected chi connectivity index (χ1v) is 8.57. The Hall–Kier alpha value is -3.05. The monoisotopic (exact) mass is 364 g/mol. The van der Waals surface area contributed by atoms with Crippen LogP contribution in [0.25, 0.3) is 22.2 Å². The van der Waals surface area contributed by atoms with Gasteiger partial charge in [-0.15, -0.1) is 0 Å². The van der Waals surface area contributed by atoms with Crippen molar-refractivity contribution in [2.45, 2.75) is 6.54 Å². The van der Waals surface area contributed by atoms with Crippen molar-refractivity contribution in [3.05, 3.63) is 71.6 Å². The van der Waals surface area contributed by atoms with Crippen molar-refractivity contribution in [3.8, 4) is 16.9 Å². The summed E-state index contributed by atoms with van der Waals surface area (Å²) in [4.78, 5) is 12.0. The van der Waals surface area contributed by atoms with Crippen molar-refractivity contribution in [2.75, 3.05) is 12.4 Å². The van der Waals surface area contributed by atoms with Crippen LogP contribution >= 0.6 is 11.6 Å². The van der Waals surface area contributed by atoms with Crippen LogP contribution in [-0.4, -0.2) is 22.1 Å². The third-order valence-corrected chi connectivity index (χ3v) is 4.43. The number of benzene rings is 2. The van der Waals surface area contributed by atoms with E-state index in [2.05, 4.69) is 20.3 Å². The Balaban J connectivity index is 1.70. The van der Waals surface area contributed by atoms with Gasteiger partial charge >= 0.3 is 0 Å². The molecular weight excluding hydrogens is 348 g/mol. The van der Waals surface area contributed by atoms with Gasteiger partial charge in [-0.05, 0) is 35.4 Å². The quantitative estimate of drug-likeness (QED) is 0.528. The Morgan fingerprint density at radius 3 is 2.85 bits per heavy atom. The van der Waals surface area contributed by atoms with Crippen LogP contribution in [0.5, 0.6) is 5.75 Å². The van der Waals surface area contributed by atoms with E-state index in [1.807, 2.05) is 54.7 Å². The molecule has 2 aromatic carbocycles. The third-order valence-electron chi connectivity index (χ3n) is 4.20. The number of hydrogen-bond acceptors (Lipinski definition) is 4. The van der Waals surface area contributed by atoms with Gasteiger partial charge in [-0.1, -0.05) is 35.9 Å². The molecule has 4 rings (SSSR count). The Morgan fingerprint density at radius 1 is 1.12 bits per heavy atom. The molecule has 0 aliphatic heterocycles. The van der Waals surface area contributed by atoms with Crippen molar-refractivity contribution < 1.29 is 4.74 Å². The number of aromatic amines is 1. The minimum atomic E-state index is 0.628. The lowest BCUT2D eigenvalue weighted by molar-refractivity contribution is 0.414. The van der Waals surface area contributed by atoms with Gasteiger partial charge in [0.15, 0.2) is 0 Å². The van der Waals surface area contributed by atoms with Crippen LogP contribution < -0.4 is 10.1 Å². The zero-order valence-corrected chi connectivity index (χ0v) is 14.9. The molecule has 0 amide bonds. The molecule has 0 unspecified atom stereocenters. The summed E-state index contributed by atoms with van der Waals surface area (Å²) in [6, 6.07) is 15.7. The highest BCUT2D eigenvalue weighted by molar-refractivity contribution is 6.31. The van der Waals surface area contributed by atoms with Gasteiger partial charge in [0.2, 0.25) is 0 Å². The highest BCUT2D eigenvalue weighted by Gasteiger charge is 2.13. The Kier molecular flexibility index (Phi) is 4.46. The van der Waals surface area contributed by atoms with E-state index in [9.17, 15) is 0 Å². The number of aromatic nitrogens is 3. The predicted molar refractivity (Wildman–Crippen MR) is 105 cm³/mol. The Labute approximate surface area is 156 Å². The summed E-state index contributed by atoms with van der Waals surface area (Å²) in [5.41, 5.74) is 3.92. The Morgan fingerprint density at radius 2 is 2.00 bits per heavy atom. The summed E-state index contributed by atoms with van der Waals surface area (Å²) in [6.07, 6.45) is 3.48. The highest BCUT2D eigenvalue weighted by Crippen LogP contribution is 2.33. The number of H-pyrrole nitrogens is 1. The molecule has 0 saturated heterocycles. The van der Waals surface area contributed by atoms with E-state index in [0.29, 0.717) is 11.6 Å². The zero-order valence-electron chi connectivity index (χ0n) is 14.2. The van der Waals surface area contributed by atoms with Crippen molar-refractivity contribution >= 4 is 28.5 Å². The van der Waals surface area contributed by atoms with Gasteiger partial charge < -0.3 is 15.0 Å². The fraction of sp³-hybridized carbons (Fsp3) is 0.100. The average Bonchev–Trinajstić information content (AvgIpc) is 3.11. The van der Waals surface area contributed by atoms with Crippen LogP contribution in [0.2, 0.25) is 5.02 Å². The van der Waals surface area contributed by atoms with Gasteiger partial charge in [0.1, 0.15) is 23.5 Å². The van der Waals surface area contributed by atoms with Crippen LogP contribution in [-0.2, 0) is 6.54 Å². The van der Waals surface area contributed by atoms with Crippen molar-refractivity contribution in [1.82, 2.24) is 15.0 Å². The number of hydrogen-bond donors (Lipinski definition) is 2. The maximum Gasteiger partial charge on any atom is 0.143 e. The van der Waals surface area contributed by atoms with E-state index >= 15 is 0 Å². The number of fused-ring (bicyclic) bond motifs is 1.